The summed E-state index contributed by atoms with van der Waals surface area (Å²) >= 11 is 0. The van der Waals surface area contributed by atoms with Gasteiger partial charge in [-0.1, -0.05) is 42.5 Å². The quantitative estimate of drug-likeness (QED) is 0.792. The van der Waals surface area contributed by atoms with Crippen LogP contribution >= 0.6 is 0 Å². The van der Waals surface area contributed by atoms with Crippen LogP contribution in [0.2, 0.25) is 0 Å². The zero-order chi connectivity index (χ0) is 16.9. The first-order chi connectivity index (χ1) is 10.9. The molecule has 2 rings (SSSR count). The number of rotatable bonds is 7. The van der Waals surface area contributed by atoms with Gasteiger partial charge in [0.25, 0.3) is 0 Å². The second-order valence-corrected chi connectivity index (χ2v) is 6.91. The molecular formula is C20H28NO2+. The maximum Gasteiger partial charge on any atom is 0.137 e. The van der Waals surface area contributed by atoms with E-state index in [1.165, 1.54) is 5.56 Å². The van der Waals surface area contributed by atoms with Crippen LogP contribution in [0.4, 0.5) is 0 Å². The Kier molecular flexibility index (Phi) is 5.80. The molecule has 0 heterocycles. The van der Waals surface area contributed by atoms with Gasteiger partial charge < -0.3 is 14.3 Å². The molecule has 124 valence electrons. The first kappa shape index (κ1) is 17.5. The van der Waals surface area contributed by atoms with E-state index < -0.39 is 6.10 Å². The number of likely N-dealkylation sites (N-methyl/N-ethyl adjacent to an activating group) is 1. The van der Waals surface area contributed by atoms with Gasteiger partial charge in [0.1, 0.15) is 25.0 Å². The number of ether oxygens (including phenoxy) is 1. The smallest absolute Gasteiger partial charge is 0.137 e. The van der Waals surface area contributed by atoms with Crippen LogP contribution in [0.1, 0.15) is 13.8 Å². The molecule has 23 heavy (non-hydrogen) atoms. The van der Waals surface area contributed by atoms with E-state index in [0.717, 1.165) is 15.8 Å². The second kappa shape index (κ2) is 7.62. The summed E-state index contributed by atoms with van der Waals surface area (Å²) in [4.78, 5) is 0. The van der Waals surface area contributed by atoms with E-state index in [-0.39, 0.29) is 0 Å². The monoisotopic (exact) mass is 314 g/mol. The van der Waals surface area contributed by atoms with Gasteiger partial charge in [0, 0.05) is 0 Å². The fourth-order valence-electron chi connectivity index (χ4n) is 2.37. The predicted octanol–water partition coefficient (Wildman–Crippen LogP) is 3.58. The fourth-order valence-corrected chi connectivity index (χ4v) is 2.37. The molecule has 0 spiro atoms. The third-order valence-corrected chi connectivity index (χ3v) is 4.48. The summed E-state index contributed by atoms with van der Waals surface area (Å²) in [7, 11) is 4.26. The highest BCUT2D eigenvalue weighted by molar-refractivity contribution is 5.63. The predicted molar refractivity (Wildman–Crippen MR) is 95.5 cm³/mol. The zero-order valence-electron chi connectivity index (χ0n) is 14.6. The standard InChI is InChI=1S/C20H28NO2/c1-16(2)21(3,4)14-19(22)15-23-20-12-10-18(11-13-20)17-8-6-5-7-9-17/h5-13,16,19,22H,14-15H2,1-4H3/q+1. The molecule has 0 saturated carbocycles. The molecule has 1 atom stereocenters. The van der Waals surface area contributed by atoms with E-state index in [4.69, 9.17) is 4.74 Å². The summed E-state index contributed by atoms with van der Waals surface area (Å²) < 4.78 is 6.50. The van der Waals surface area contributed by atoms with Crippen molar-refractivity contribution in [1.29, 1.82) is 0 Å². The molecule has 3 nitrogen and oxygen atoms in total. The van der Waals surface area contributed by atoms with Gasteiger partial charge >= 0.3 is 0 Å². The minimum absolute atomic E-state index is 0.319. The molecule has 3 heteroatoms. The summed E-state index contributed by atoms with van der Waals surface area (Å²) in [5.41, 5.74) is 2.35. The first-order valence-electron chi connectivity index (χ1n) is 8.17. The average molecular weight is 314 g/mol. The maximum atomic E-state index is 10.2. The molecule has 0 fully saturated rings. The van der Waals surface area contributed by atoms with E-state index in [2.05, 4.69) is 40.1 Å². The lowest BCUT2D eigenvalue weighted by Gasteiger charge is -2.35. The van der Waals surface area contributed by atoms with Crippen molar-refractivity contribution in [3.8, 4) is 16.9 Å². The van der Waals surface area contributed by atoms with Crippen LogP contribution in [0.3, 0.4) is 0 Å². The van der Waals surface area contributed by atoms with Crippen LogP contribution in [0.25, 0.3) is 11.1 Å². The van der Waals surface area contributed by atoms with Crippen molar-refractivity contribution < 1.29 is 14.3 Å². The average Bonchev–Trinajstić information content (AvgIpc) is 2.54. The molecule has 1 unspecified atom stereocenters. The lowest BCUT2D eigenvalue weighted by atomic mass is 10.1. The highest BCUT2D eigenvalue weighted by Crippen LogP contribution is 2.22. The van der Waals surface area contributed by atoms with Crippen LogP contribution < -0.4 is 4.74 Å². The van der Waals surface area contributed by atoms with Crippen molar-refractivity contribution in [3.05, 3.63) is 54.6 Å². The van der Waals surface area contributed by atoms with Crippen molar-refractivity contribution >= 4 is 0 Å². The summed E-state index contributed by atoms with van der Waals surface area (Å²) in [6.07, 6.45) is -0.471. The van der Waals surface area contributed by atoms with Gasteiger partial charge in [-0.3, -0.25) is 0 Å². The maximum absolute atomic E-state index is 10.2. The molecule has 2 aromatic carbocycles. The molecule has 0 radical (unpaired) electrons. The van der Waals surface area contributed by atoms with Gasteiger partial charge in [0.15, 0.2) is 0 Å². The Morgan fingerprint density at radius 1 is 0.913 bits per heavy atom. The van der Waals surface area contributed by atoms with Crippen molar-refractivity contribution in [2.45, 2.75) is 26.0 Å². The Balaban J connectivity index is 1.89. The Hall–Kier alpha value is -1.84. The highest BCUT2D eigenvalue weighted by Gasteiger charge is 2.24. The number of aliphatic hydroxyl groups excluding tert-OH is 1. The van der Waals surface area contributed by atoms with Crippen molar-refractivity contribution in [1.82, 2.24) is 0 Å². The van der Waals surface area contributed by atoms with Gasteiger partial charge in [-0.05, 0) is 37.1 Å². The number of hydrogen-bond donors (Lipinski definition) is 1. The van der Waals surface area contributed by atoms with E-state index >= 15 is 0 Å². The molecule has 0 bridgehead atoms. The highest BCUT2D eigenvalue weighted by atomic mass is 16.5. The van der Waals surface area contributed by atoms with Crippen LogP contribution in [0.5, 0.6) is 5.75 Å². The number of quaternary nitrogens is 1. The molecule has 0 aromatic heterocycles. The van der Waals surface area contributed by atoms with E-state index in [0.29, 0.717) is 19.2 Å². The molecule has 0 amide bonds. The molecule has 0 aliphatic carbocycles. The summed E-state index contributed by atoms with van der Waals surface area (Å²) in [6, 6.07) is 18.7. The first-order valence-corrected chi connectivity index (χ1v) is 8.17. The molecule has 0 aliphatic rings. The third-order valence-electron chi connectivity index (χ3n) is 4.48. The lowest BCUT2D eigenvalue weighted by Crippen LogP contribution is -2.51. The van der Waals surface area contributed by atoms with Crippen LogP contribution in [0.15, 0.2) is 54.6 Å². The Morgan fingerprint density at radius 2 is 1.48 bits per heavy atom. The number of aliphatic hydroxyl groups is 1. The Labute approximate surface area is 139 Å². The lowest BCUT2D eigenvalue weighted by molar-refractivity contribution is -0.914. The van der Waals surface area contributed by atoms with Gasteiger partial charge in [0.05, 0.1) is 20.1 Å². The minimum Gasteiger partial charge on any atom is -0.491 e. The van der Waals surface area contributed by atoms with Crippen LogP contribution in [-0.4, -0.2) is 49.0 Å². The third kappa shape index (κ3) is 5.08. The Morgan fingerprint density at radius 3 is 2.04 bits per heavy atom. The second-order valence-electron chi connectivity index (χ2n) is 6.91. The molecule has 0 aliphatic heterocycles. The van der Waals surface area contributed by atoms with Crippen LogP contribution in [-0.2, 0) is 0 Å². The van der Waals surface area contributed by atoms with Gasteiger partial charge in [0.2, 0.25) is 0 Å². The fraction of sp³-hybridized carbons (Fsp3) is 0.400. The topological polar surface area (TPSA) is 29.5 Å². The van der Waals surface area contributed by atoms with E-state index in [9.17, 15) is 5.11 Å². The Bertz CT molecular complexity index is 591. The molecular weight excluding hydrogens is 286 g/mol. The zero-order valence-corrected chi connectivity index (χ0v) is 14.6. The minimum atomic E-state index is -0.471. The van der Waals surface area contributed by atoms with Crippen molar-refractivity contribution in [3.63, 3.8) is 0 Å². The van der Waals surface area contributed by atoms with Gasteiger partial charge in [-0.25, -0.2) is 0 Å². The molecule has 0 saturated heterocycles. The summed E-state index contributed by atoms with van der Waals surface area (Å²) in [5, 5.41) is 10.2. The number of benzene rings is 2. The van der Waals surface area contributed by atoms with Crippen molar-refractivity contribution in [2.24, 2.45) is 0 Å². The SMILES string of the molecule is CC(C)[N+](C)(C)CC(O)COc1ccc(-c2ccccc2)cc1. The van der Waals surface area contributed by atoms with Crippen LogP contribution in [0, 0.1) is 0 Å². The number of hydrogen-bond acceptors (Lipinski definition) is 2. The number of nitrogens with zero attached hydrogens (tertiary/aromatic N) is 1. The van der Waals surface area contributed by atoms with Gasteiger partial charge in [-0.2, -0.15) is 0 Å². The van der Waals surface area contributed by atoms with Gasteiger partial charge in [-0.15, -0.1) is 0 Å². The summed E-state index contributed by atoms with van der Waals surface area (Å²) in [5.74, 6) is 0.790. The molecule has 2 aromatic rings. The van der Waals surface area contributed by atoms with Crippen molar-refractivity contribution in [2.75, 3.05) is 27.2 Å². The summed E-state index contributed by atoms with van der Waals surface area (Å²) in [6.45, 7) is 5.32. The largest absolute Gasteiger partial charge is 0.491 e. The van der Waals surface area contributed by atoms with E-state index in [1.54, 1.807) is 0 Å². The normalized spacial score (nSPS) is 13.1. The molecule has 1 N–H and O–H groups in total. The van der Waals surface area contributed by atoms with E-state index in [1.807, 2.05) is 42.5 Å².